The summed E-state index contributed by atoms with van der Waals surface area (Å²) in [5, 5.41) is 9.48. The summed E-state index contributed by atoms with van der Waals surface area (Å²) < 4.78 is 3.79. The fraction of sp³-hybridized carbons (Fsp3) is 0.357. The number of allylic oxidation sites excluding steroid dienone is 2. The van der Waals surface area contributed by atoms with Gasteiger partial charge in [-0.25, -0.2) is 9.59 Å². The Labute approximate surface area is 195 Å². The van der Waals surface area contributed by atoms with E-state index in [-0.39, 0.29) is 11.3 Å². The third kappa shape index (κ3) is 5.36. The molecule has 2 aromatic carbocycles. The minimum atomic E-state index is -0.936. The number of aromatic carboxylic acids is 1. The molecule has 5 nitrogen and oxygen atoms in total. The number of carboxylic acid groups (broad SMARTS) is 1. The predicted molar refractivity (Wildman–Crippen MR) is 132 cm³/mol. The van der Waals surface area contributed by atoms with Gasteiger partial charge in [0.25, 0.3) is 0 Å². The molecule has 0 atom stereocenters. The zero-order valence-corrected chi connectivity index (χ0v) is 19.2. The zero-order chi connectivity index (χ0) is 23.2. The molecule has 1 N–H and O–H groups in total. The first-order chi connectivity index (χ1) is 16.1. The Hall–Kier alpha value is -3.34. The molecule has 1 aliphatic rings. The number of carbonyl (C=O) groups is 1. The van der Waals surface area contributed by atoms with Gasteiger partial charge in [0.1, 0.15) is 0 Å². The lowest BCUT2D eigenvalue weighted by Crippen LogP contribution is -2.28. The molecule has 0 saturated heterocycles. The lowest BCUT2D eigenvalue weighted by Gasteiger charge is -2.21. The van der Waals surface area contributed by atoms with Gasteiger partial charge in [-0.2, -0.15) is 0 Å². The topological polar surface area (TPSA) is 64.2 Å². The van der Waals surface area contributed by atoms with Gasteiger partial charge in [0.2, 0.25) is 0 Å². The van der Waals surface area contributed by atoms with Gasteiger partial charge < -0.3 is 5.11 Å². The van der Waals surface area contributed by atoms with E-state index in [0.717, 1.165) is 29.8 Å². The van der Waals surface area contributed by atoms with Crippen LogP contribution in [0.15, 0.2) is 71.7 Å². The van der Waals surface area contributed by atoms with E-state index >= 15 is 0 Å². The van der Waals surface area contributed by atoms with Crippen molar-refractivity contribution in [3.63, 3.8) is 0 Å². The van der Waals surface area contributed by atoms with Crippen LogP contribution >= 0.6 is 0 Å². The highest BCUT2D eigenvalue weighted by atomic mass is 16.4. The minimum Gasteiger partial charge on any atom is -0.478 e. The van der Waals surface area contributed by atoms with Crippen molar-refractivity contribution in [2.45, 2.75) is 58.5 Å². The summed E-state index contributed by atoms with van der Waals surface area (Å²) >= 11 is 0. The molecule has 0 spiro atoms. The van der Waals surface area contributed by atoms with Crippen molar-refractivity contribution in [3.05, 3.63) is 94.2 Å². The molecule has 1 saturated carbocycles. The van der Waals surface area contributed by atoms with E-state index < -0.39 is 5.97 Å². The number of benzene rings is 2. The van der Waals surface area contributed by atoms with E-state index in [2.05, 4.69) is 6.08 Å². The highest BCUT2D eigenvalue weighted by molar-refractivity contribution is 5.95. The van der Waals surface area contributed by atoms with E-state index in [4.69, 9.17) is 0 Å². The SMILES string of the molecule is C/C=C/Cc1cn(CC2CCCCC2)c(=O)n1Cc1ccc(-c2ccccc2C(=O)O)cc1. The molecule has 1 heterocycles. The quantitative estimate of drug-likeness (QED) is 0.449. The number of imidazole rings is 1. The molecule has 3 aromatic rings. The Balaban J connectivity index is 1.59. The number of carboxylic acids is 1. The molecule has 0 radical (unpaired) electrons. The molecule has 0 unspecified atom stereocenters. The van der Waals surface area contributed by atoms with E-state index in [1.165, 1.54) is 32.1 Å². The van der Waals surface area contributed by atoms with Gasteiger partial charge in [0.15, 0.2) is 0 Å². The van der Waals surface area contributed by atoms with Crippen molar-refractivity contribution in [1.82, 2.24) is 9.13 Å². The van der Waals surface area contributed by atoms with Crippen LogP contribution in [0.4, 0.5) is 0 Å². The molecule has 1 aromatic heterocycles. The second-order valence-electron chi connectivity index (χ2n) is 8.97. The Bertz CT molecular complexity index is 1180. The molecule has 0 aliphatic heterocycles. The van der Waals surface area contributed by atoms with Gasteiger partial charge in [-0.3, -0.25) is 9.13 Å². The third-order valence-corrected chi connectivity index (χ3v) is 6.63. The van der Waals surface area contributed by atoms with Crippen molar-refractivity contribution in [2.75, 3.05) is 0 Å². The van der Waals surface area contributed by atoms with Gasteiger partial charge in [0.05, 0.1) is 12.1 Å². The first-order valence-electron chi connectivity index (χ1n) is 11.9. The summed E-state index contributed by atoms with van der Waals surface area (Å²) in [5.41, 5.74) is 3.93. The van der Waals surface area contributed by atoms with Gasteiger partial charge >= 0.3 is 11.7 Å². The molecule has 0 amide bonds. The maximum atomic E-state index is 13.3. The first kappa shape index (κ1) is 22.8. The monoisotopic (exact) mass is 444 g/mol. The summed E-state index contributed by atoms with van der Waals surface area (Å²) in [7, 11) is 0. The van der Waals surface area contributed by atoms with Crippen molar-refractivity contribution in [1.29, 1.82) is 0 Å². The third-order valence-electron chi connectivity index (χ3n) is 6.63. The molecular formula is C28H32N2O3. The summed E-state index contributed by atoms with van der Waals surface area (Å²) in [6.07, 6.45) is 13.1. The lowest BCUT2D eigenvalue weighted by atomic mass is 9.89. The average molecular weight is 445 g/mol. The normalized spacial score (nSPS) is 14.7. The maximum Gasteiger partial charge on any atom is 0.336 e. The second-order valence-corrected chi connectivity index (χ2v) is 8.97. The molecule has 172 valence electrons. The van der Waals surface area contributed by atoms with Crippen LogP contribution in [0, 0.1) is 5.92 Å². The average Bonchev–Trinajstić information content (AvgIpc) is 3.13. The van der Waals surface area contributed by atoms with Crippen LogP contribution in [0.25, 0.3) is 11.1 Å². The number of aromatic nitrogens is 2. The molecule has 0 bridgehead atoms. The van der Waals surface area contributed by atoms with Crippen LogP contribution in [0.1, 0.15) is 60.6 Å². The summed E-state index contributed by atoms with van der Waals surface area (Å²) in [6.45, 7) is 3.30. The fourth-order valence-electron chi connectivity index (χ4n) is 4.83. The van der Waals surface area contributed by atoms with Crippen molar-refractivity contribution in [2.24, 2.45) is 5.92 Å². The lowest BCUT2D eigenvalue weighted by molar-refractivity contribution is 0.0697. The van der Waals surface area contributed by atoms with E-state index in [1.54, 1.807) is 12.1 Å². The highest BCUT2D eigenvalue weighted by Crippen LogP contribution is 2.26. The number of hydrogen-bond acceptors (Lipinski definition) is 2. The Kier molecular flexibility index (Phi) is 7.28. The van der Waals surface area contributed by atoms with Gasteiger partial charge in [-0.05, 0) is 48.4 Å². The van der Waals surface area contributed by atoms with Gasteiger partial charge in [-0.15, -0.1) is 0 Å². The summed E-state index contributed by atoms with van der Waals surface area (Å²) in [5.74, 6) is -0.343. The van der Waals surface area contributed by atoms with Crippen LogP contribution in [0.5, 0.6) is 0 Å². The number of nitrogens with zero attached hydrogens (tertiary/aromatic N) is 2. The van der Waals surface area contributed by atoms with Crippen molar-refractivity contribution in [3.8, 4) is 11.1 Å². The van der Waals surface area contributed by atoms with Crippen molar-refractivity contribution < 1.29 is 9.90 Å². The summed E-state index contributed by atoms with van der Waals surface area (Å²) in [6, 6.07) is 14.9. The molecule has 33 heavy (non-hydrogen) atoms. The molecule has 5 heteroatoms. The van der Waals surface area contributed by atoms with Crippen LogP contribution in [0.2, 0.25) is 0 Å². The second kappa shape index (κ2) is 10.5. The largest absolute Gasteiger partial charge is 0.478 e. The molecule has 1 aliphatic carbocycles. The van der Waals surface area contributed by atoms with Gasteiger partial charge in [-0.1, -0.05) is 73.9 Å². The smallest absolute Gasteiger partial charge is 0.336 e. The van der Waals surface area contributed by atoms with Crippen LogP contribution in [-0.2, 0) is 19.5 Å². The van der Waals surface area contributed by atoms with Crippen LogP contribution in [-0.4, -0.2) is 20.2 Å². The Morgan fingerprint density at radius 1 is 1.06 bits per heavy atom. The van der Waals surface area contributed by atoms with Crippen molar-refractivity contribution >= 4 is 5.97 Å². The summed E-state index contributed by atoms with van der Waals surface area (Å²) in [4.78, 5) is 24.8. The maximum absolute atomic E-state index is 13.3. The fourth-order valence-corrected chi connectivity index (χ4v) is 4.83. The van der Waals surface area contributed by atoms with Crippen LogP contribution in [0.3, 0.4) is 0 Å². The van der Waals surface area contributed by atoms with E-state index in [0.29, 0.717) is 18.0 Å². The molecule has 4 rings (SSSR count). The number of hydrogen-bond donors (Lipinski definition) is 1. The number of rotatable bonds is 8. The Morgan fingerprint density at radius 2 is 1.79 bits per heavy atom. The first-order valence-corrected chi connectivity index (χ1v) is 11.9. The zero-order valence-electron chi connectivity index (χ0n) is 19.2. The standard InChI is InChI=1S/C28H32N2O3/c1-2-3-11-24-20-29(18-21-9-5-4-6-10-21)28(33)30(24)19-22-14-16-23(17-15-22)25-12-7-8-13-26(25)27(31)32/h2-3,7-8,12-17,20-21H,4-6,9-11,18-19H2,1H3,(H,31,32)/b3-2+. The molecular weight excluding hydrogens is 412 g/mol. The van der Waals surface area contributed by atoms with E-state index in [9.17, 15) is 14.7 Å². The minimum absolute atomic E-state index is 0.0559. The van der Waals surface area contributed by atoms with Gasteiger partial charge in [0, 0.05) is 24.9 Å². The Morgan fingerprint density at radius 3 is 2.48 bits per heavy atom. The predicted octanol–water partition coefficient (Wildman–Crippen LogP) is 5.76. The van der Waals surface area contributed by atoms with Crippen LogP contribution < -0.4 is 5.69 Å². The molecule has 1 fully saturated rings. The van der Waals surface area contributed by atoms with E-state index in [1.807, 2.05) is 64.7 Å². The highest BCUT2D eigenvalue weighted by Gasteiger charge is 2.18.